The zero-order chi connectivity index (χ0) is 17.7. The summed E-state index contributed by atoms with van der Waals surface area (Å²) in [6, 6.07) is 3.70. The third-order valence-electron chi connectivity index (χ3n) is 4.17. The van der Waals surface area contributed by atoms with E-state index in [0.717, 1.165) is 31.7 Å². The highest BCUT2D eigenvalue weighted by Crippen LogP contribution is 2.25. The first-order valence-corrected chi connectivity index (χ1v) is 8.16. The molecule has 1 saturated carbocycles. The first kappa shape index (κ1) is 18.2. The Morgan fingerprint density at radius 1 is 1.38 bits per heavy atom. The molecule has 2 unspecified atom stereocenters. The van der Waals surface area contributed by atoms with Gasteiger partial charge in [-0.25, -0.2) is 4.79 Å². The highest BCUT2D eigenvalue weighted by atomic mass is 35.5. The van der Waals surface area contributed by atoms with Gasteiger partial charge in [-0.2, -0.15) is 0 Å². The number of hydrogen-bond donors (Lipinski definition) is 1. The first-order chi connectivity index (χ1) is 11.4. The largest absolute Gasteiger partial charge is 0.452 e. The standard InChI is InChI=1S/C16H19ClN2O5/c1-10-4-2-3-5-13(10)18-15(20)9-24-16(21)11-6-7-12(17)14(8-11)19(22)23/h6-8,10,13H,2-5,9H2,1H3,(H,18,20). The first-order valence-electron chi connectivity index (χ1n) is 7.79. The molecule has 0 bridgehead atoms. The Morgan fingerprint density at radius 2 is 2.08 bits per heavy atom. The van der Waals surface area contributed by atoms with E-state index in [0.29, 0.717) is 5.92 Å². The number of rotatable bonds is 5. The second kappa shape index (κ2) is 8.10. The molecule has 0 aromatic heterocycles. The number of esters is 1. The van der Waals surface area contributed by atoms with Gasteiger partial charge in [-0.05, 0) is 30.9 Å². The van der Waals surface area contributed by atoms with Crippen molar-refractivity contribution in [2.24, 2.45) is 5.92 Å². The van der Waals surface area contributed by atoms with Crippen molar-refractivity contribution in [3.8, 4) is 0 Å². The summed E-state index contributed by atoms with van der Waals surface area (Å²) in [4.78, 5) is 34.0. The van der Waals surface area contributed by atoms with Crippen LogP contribution >= 0.6 is 11.6 Å². The Balaban J connectivity index is 1.89. The van der Waals surface area contributed by atoms with E-state index < -0.39 is 17.5 Å². The second-order valence-corrected chi connectivity index (χ2v) is 6.34. The molecule has 2 atom stereocenters. The van der Waals surface area contributed by atoms with Crippen molar-refractivity contribution in [3.63, 3.8) is 0 Å². The van der Waals surface area contributed by atoms with E-state index >= 15 is 0 Å². The topological polar surface area (TPSA) is 98.5 Å². The van der Waals surface area contributed by atoms with Crippen molar-refractivity contribution < 1.29 is 19.2 Å². The molecule has 0 aliphatic heterocycles. The molecular formula is C16H19ClN2O5. The molecule has 8 heteroatoms. The number of carbonyl (C=O) groups excluding carboxylic acids is 2. The summed E-state index contributed by atoms with van der Waals surface area (Å²) in [6.07, 6.45) is 4.23. The highest BCUT2D eigenvalue weighted by Gasteiger charge is 2.23. The van der Waals surface area contributed by atoms with Gasteiger partial charge in [0, 0.05) is 12.1 Å². The van der Waals surface area contributed by atoms with E-state index in [-0.39, 0.29) is 28.2 Å². The molecule has 1 aromatic rings. The number of nitro benzene ring substituents is 1. The van der Waals surface area contributed by atoms with E-state index in [1.807, 2.05) is 0 Å². The molecule has 0 spiro atoms. The average Bonchev–Trinajstić information content (AvgIpc) is 2.55. The molecule has 0 saturated heterocycles. The zero-order valence-corrected chi connectivity index (χ0v) is 14.0. The van der Waals surface area contributed by atoms with Crippen molar-refractivity contribution in [3.05, 3.63) is 38.9 Å². The lowest BCUT2D eigenvalue weighted by Crippen LogP contribution is -2.42. The van der Waals surface area contributed by atoms with E-state index in [9.17, 15) is 19.7 Å². The lowest BCUT2D eigenvalue weighted by Gasteiger charge is -2.29. The minimum Gasteiger partial charge on any atom is -0.452 e. The zero-order valence-electron chi connectivity index (χ0n) is 13.3. The Morgan fingerprint density at radius 3 is 2.75 bits per heavy atom. The molecule has 24 heavy (non-hydrogen) atoms. The van der Waals surface area contributed by atoms with Gasteiger partial charge in [0.1, 0.15) is 5.02 Å². The molecule has 0 radical (unpaired) electrons. The van der Waals surface area contributed by atoms with E-state index in [1.165, 1.54) is 12.1 Å². The molecule has 0 heterocycles. The van der Waals surface area contributed by atoms with E-state index in [4.69, 9.17) is 16.3 Å². The van der Waals surface area contributed by atoms with Gasteiger partial charge in [0.05, 0.1) is 10.5 Å². The molecule has 1 N–H and O–H groups in total. The fraction of sp³-hybridized carbons (Fsp3) is 0.500. The summed E-state index contributed by atoms with van der Waals surface area (Å²) >= 11 is 5.69. The number of nitrogens with one attached hydrogen (secondary N) is 1. The van der Waals surface area contributed by atoms with Gasteiger partial charge >= 0.3 is 5.97 Å². The van der Waals surface area contributed by atoms with Gasteiger partial charge in [-0.1, -0.05) is 31.4 Å². The smallest absolute Gasteiger partial charge is 0.338 e. The third kappa shape index (κ3) is 4.67. The monoisotopic (exact) mass is 354 g/mol. The number of benzene rings is 1. The van der Waals surface area contributed by atoms with Crippen molar-refractivity contribution in [2.45, 2.75) is 38.6 Å². The predicted octanol–water partition coefficient (Wildman–Crippen LogP) is 3.10. The Bertz CT molecular complexity index is 649. The molecule has 1 aliphatic rings. The van der Waals surface area contributed by atoms with Crippen molar-refractivity contribution in [2.75, 3.05) is 6.61 Å². The maximum Gasteiger partial charge on any atom is 0.338 e. The van der Waals surface area contributed by atoms with Gasteiger partial charge in [0.15, 0.2) is 6.61 Å². The lowest BCUT2D eigenvalue weighted by atomic mass is 9.86. The van der Waals surface area contributed by atoms with Crippen LogP contribution in [0.4, 0.5) is 5.69 Å². The molecule has 130 valence electrons. The van der Waals surface area contributed by atoms with Crippen LogP contribution in [0, 0.1) is 16.0 Å². The average molecular weight is 355 g/mol. The van der Waals surface area contributed by atoms with Gasteiger partial charge < -0.3 is 10.1 Å². The van der Waals surface area contributed by atoms with Gasteiger partial charge in [0.2, 0.25) is 0 Å². The fourth-order valence-corrected chi connectivity index (χ4v) is 2.96. The van der Waals surface area contributed by atoms with Gasteiger partial charge in [0.25, 0.3) is 11.6 Å². The highest BCUT2D eigenvalue weighted by molar-refractivity contribution is 6.32. The number of nitro groups is 1. The minimum atomic E-state index is -0.804. The molecule has 1 aromatic carbocycles. The SMILES string of the molecule is CC1CCCCC1NC(=O)COC(=O)c1ccc(Cl)c([N+](=O)[O-])c1. The van der Waals surface area contributed by atoms with Crippen LogP contribution < -0.4 is 5.32 Å². The Hall–Kier alpha value is -2.15. The van der Waals surface area contributed by atoms with Crippen molar-refractivity contribution in [1.82, 2.24) is 5.32 Å². The van der Waals surface area contributed by atoms with E-state index in [2.05, 4.69) is 12.2 Å². The molecule has 2 rings (SSSR count). The van der Waals surface area contributed by atoms with Crippen molar-refractivity contribution in [1.29, 1.82) is 0 Å². The van der Waals surface area contributed by atoms with Crippen LogP contribution in [0.2, 0.25) is 5.02 Å². The molecule has 1 amide bonds. The summed E-state index contributed by atoms with van der Waals surface area (Å²) in [5.74, 6) is -0.774. The molecule has 1 aliphatic carbocycles. The van der Waals surface area contributed by atoms with Crippen LogP contribution in [-0.4, -0.2) is 29.4 Å². The van der Waals surface area contributed by atoms with Crippen molar-refractivity contribution >= 4 is 29.2 Å². The summed E-state index contributed by atoms with van der Waals surface area (Å²) < 4.78 is 4.92. The predicted molar refractivity (Wildman–Crippen MR) is 88.0 cm³/mol. The van der Waals surface area contributed by atoms with Gasteiger partial charge in [-0.3, -0.25) is 14.9 Å². The molecule has 7 nitrogen and oxygen atoms in total. The summed E-state index contributed by atoms with van der Waals surface area (Å²) in [7, 11) is 0. The quantitative estimate of drug-likeness (QED) is 0.497. The Labute approximate surface area is 144 Å². The number of hydrogen-bond acceptors (Lipinski definition) is 5. The number of nitrogens with zero attached hydrogens (tertiary/aromatic N) is 1. The normalized spacial score (nSPS) is 20.2. The third-order valence-corrected chi connectivity index (χ3v) is 4.49. The number of amides is 1. The maximum atomic E-state index is 11.9. The van der Waals surface area contributed by atoms with Crippen LogP contribution in [0.15, 0.2) is 18.2 Å². The summed E-state index contributed by atoms with van der Waals surface area (Å²) in [6.45, 7) is 1.67. The summed E-state index contributed by atoms with van der Waals surface area (Å²) in [5, 5.41) is 13.6. The van der Waals surface area contributed by atoms with Crippen LogP contribution in [-0.2, 0) is 9.53 Å². The van der Waals surface area contributed by atoms with Crippen LogP contribution in [0.1, 0.15) is 43.0 Å². The van der Waals surface area contributed by atoms with Crippen LogP contribution in [0.25, 0.3) is 0 Å². The number of ether oxygens (including phenoxy) is 1. The minimum absolute atomic E-state index is 0.0232. The lowest BCUT2D eigenvalue weighted by molar-refractivity contribution is -0.384. The number of halogens is 1. The van der Waals surface area contributed by atoms with E-state index in [1.54, 1.807) is 0 Å². The molecular weight excluding hydrogens is 336 g/mol. The summed E-state index contributed by atoms with van der Waals surface area (Å²) in [5.41, 5.74) is -0.406. The van der Waals surface area contributed by atoms with Gasteiger partial charge in [-0.15, -0.1) is 0 Å². The fourth-order valence-electron chi connectivity index (χ4n) is 2.77. The second-order valence-electron chi connectivity index (χ2n) is 5.94. The molecule has 1 fully saturated rings. The van der Waals surface area contributed by atoms with Crippen LogP contribution in [0.3, 0.4) is 0 Å². The maximum absolute atomic E-state index is 11.9. The number of carbonyl (C=O) groups is 2. The van der Waals surface area contributed by atoms with Crippen LogP contribution in [0.5, 0.6) is 0 Å². The Kier molecular flexibility index (Phi) is 6.14.